The SMILES string of the molecule is CCOC(=O)c1cc(-c2ccccc2)sc1NC(=S)Nc1cc(C(=O)OC(C)C)cc(C(=O)OC(C)C)c1. The Balaban J connectivity index is 1.90. The molecule has 0 saturated carbocycles. The van der Waals surface area contributed by atoms with Crippen LogP contribution in [0, 0.1) is 0 Å². The lowest BCUT2D eigenvalue weighted by atomic mass is 10.1. The maximum atomic E-state index is 12.6. The Labute approximate surface area is 231 Å². The number of esters is 3. The first-order valence-electron chi connectivity index (χ1n) is 12.1. The van der Waals surface area contributed by atoms with Gasteiger partial charge < -0.3 is 24.8 Å². The van der Waals surface area contributed by atoms with Crippen molar-refractivity contribution in [2.75, 3.05) is 17.2 Å². The Bertz CT molecular complexity index is 1280. The van der Waals surface area contributed by atoms with Crippen molar-refractivity contribution in [1.82, 2.24) is 0 Å². The minimum atomic E-state index is -0.587. The van der Waals surface area contributed by atoms with Crippen molar-refractivity contribution >= 4 is 57.3 Å². The maximum Gasteiger partial charge on any atom is 0.341 e. The minimum Gasteiger partial charge on any atom is -0.462 e. The summed E-state index contributed by atoms with van der Waals surface area (Å²) in [5.74, 6) is -1.65. The van der Waals surface area contributed by atoms with Gasteiger partial charge in [-0.2, -0.15) is 0 Å². The van der Waals surface area contributed by atoms with E-state index in [1.165, 1.54) is 29.5 Å². The van der Waals surface area contributed by atoms with Crippen molar-refractivity contribution in [2.24, 2.45) is 0 Å². The van der Waals surface area contributed by atoms with E-state index in [0.29, 0.717) is 16.3 Å². The number of thiocarbonyl (C=S) groups is 1. The Morgan fingerprint density at radius 1 is 0.842 bits per heavy atom. The molecule has 0 unspecified atom stereocenters. The van der Waals surface area contributed by atoms with Crippen LogP contribution in [0.5, 0.6) is 0 Å². The first kappa shape index (κ1) is 28.8. The van der Waals surface area contributed by atoms with Crippen LogP contribution in [0.4, 0.5) is 10.7 Å². The third-order valence-electron chi connectivity index (χ3n) is 4.86. The van der Waals surface area contributed by atoms with E-state index in [1.807, 2.05) is 30.3 Å². The van der Waals surface area contributed by atoms with E-state index in [-0.39, 0.29) is 35.1 Å². The van der Waals surface area contributed by atoms with Gasteiger partial charge in [0.2, 0.25) is 0 Å². The molecule has 1 heterocycles. The molecule has 0 atom stereocenters. The van der Waals surface area contributed by atoms with Gasteiger partial charge in [0.05, 0.1) is 35.5 Å². The zero-order valence-electron chi connectivity index (χ0n) is 21.8. The Kier molecular flexibility index (Phi) is 9.98. The summed E-state index contributed by atoms with van der Waals surface area (Å²) >= 11 is 6.86. The summed E-state index contributed by atoms with van der Waals surface area (Å²) in [5, 5.41) is 6.69. The zero-order chi connectivity index (χ0) is 27.8. The molecule has 0 aliphatic heterocycles. The van der Waals surface area contributed by atoms with Crippen LogP contribution in [0.15, 0.2) is 54.6 Å². The molecule has 2 N–H and O–H groups in total. The van der Waals surface area contributed by atoms with Crippen LogP contribution >= 0.6 is 23.6 Å². The number of hydrogen-bond donors (Lipinski definition) is 2. The summed E-state index contributed by atoms with van der Waals surface area (Å²) in [5.41, 5.74) is 1.98. The highest BCUT2D eigenvalue weighted by Gasteiger charge is 2.20. The third kappa shape index (κ3) is 7.87. The van der Waals surface area contributed by atoms with Crippen LogP contribution in [0.25, 0.3) is 10.4 Å². The molecule has 0 fully saturated rings. The maximum absolute atomic E-state index is 12.6. The standard InChI is InChI=1S/C28H30N2O6S2/c1-6-34-27(33)22-15-23(18-10-8-7-9-11-18)38-24(22)30-28(37)29-21-13-19(25(31)35-16(2)3)12-20(14-21)26(32)36-17(4)5/h7-17H,6H2,1-5H3,(H2,29,30,37). The van der Waals surface area contributed by atoms with Gasteiger partial charge >= 0.3 is 17.9 Å². The number of nitrogens with one attached hydrogen (secondary N) is 2. The average Bonchev–Trinajstić information content (AvgIpc) is 3.27. The van der Waals surface area contributed by atoms with E-state index in [9.17, 15) is 14.4 Å². The number of hydrogen-bond acceptors (Lipinski definition) is 8. The van der Waals surface area contributed by atoms with E-state index in [4.69, 9.17) is 26.4 Å². The Hall–Kier alpha value is -3.76. The molecule has 2 aromatic carbocycles. The predicted molar refractivity (Wildman–Crippen MR) is 153 cm³/mol. The molecule has 0 amide bonds. The molecule has 10 heteroatoms. The van der Waals surface area contributed by atoms with E-state index in [1.54, 1.807) is 40.7 Å². The largest absolute Gasteiger partial charge is 0.462 e. The third-order valence-corrected chi connectivity index (χ3v) is 6.16. The van der Waals surface area contributed by atoms with Gasteiger partial charge in [-0.25, -0.2) is 14.4 Å². The molecule has 1 aromatic heterocycles. The van der Waals surface area contributed by atoms with Gasteiger partial charge in [0, 0.05) is 10.6 Å². The number of benzene rings is 2. The minimum absolute atomic E-state index is 0.148. The Morgan fingerprint density at radius 3 is 1.95 bits per heavy atom. The van der Waals surface area contributed by atoms with Gasteiger partial charge in [-0.05, 0) is 76.7 Å². The molecule has 0 aliphatic rings. The molecule has 3 rings (SSSR count). The smallest absolute Gasteiger partial charge is 0.341 e. The molecule has 0 spiro atoms. The van der Waals surface area contributed by atoms with E-state index in [0.717, 1.165) is 10.4 Å². The number of ether oxygens (including phenoxy) is 3. The predicted octanol–water partition coefficient (Wildman–Crippen LogP) is 6.53. The molecule has 0 radical (unpaired) electrons. The van der Waals surface area contributed by atoms with Crippen molar-refractivity contribution in [3.8, 4) is 10.4 Å². The van der Waals surface area contributed by atoms with Crippen molar-refractivity contribution in [3.63, 3.8) is 0 Å². The molecule has 8 nitrogen and oxygen atoms in total. The lowest BCUT2D eigenvalue weighted by Crippen LogP contribution is -2.21. The summed E-state index contributed by atoms with van der Waals surface area (Å²) in [6.45, 7) is 8.90. The van der Waals surface area contributed by atoms with E-state index < -0.39 is 17.9 Å². The fourth-order valence-corrected chi connectivity index (χ4v) is 4.69. The Morgan fingerprint density at radius 2 is 1.42 bits per heavy atom. The highest BCUT2D eigenvalue weighted by atomic mass is 32.1. The van der Waals surface area contributed by atoms with Crippen molar-refractivity contribution in [1.29, 1.82) is 0 Å². The van der Waals surface area contributed by atoms with Crippen LogP contribution < -0.4 is 10.6 Å². The number of carbonyl (C=O) groups is 3. The highest BCUT2D eigenvalue weighted by molar-refractivity contribution is 7.80. The topological polar surface area (TPSA) is 103 Å². The second kappa shape index (κ2) is 13.2. The monoisotopic (exact) mass is 554 g/mol. The zero-order valence-corrected chi connectivity index (χ0v) is 23.5. The van der Waals surface area contributed by atoms with Gasteiger partial charge in [0.25, 0.3) is 0 Å². The fourth-order valence-electron chi connectivity index (χ4n) is 3.35. The normalized spacial score (nSPS) is 10.7. The summed E-state index contributed by atoms with van der Waals surface area (Å²) in [7, 11) is 0. The summed E-state index contributed by atoms with van der Waals surface area (Å²) < 4.78 is 15.8. The highest BCUT2D eigenvalue weighted by Crippen LogP contribution is 2.36. The molecular weight excluding hydrogens is 524 g/mol. The van der Waals surface area contributed by atoms with Gasteiger partial charge in [-0.15, -0.1) is 11.3 Å². The fraction of sp³-hybridized carbons (Fsp3) is 0.286. The number of carbonyl (C=O) groups excluding carboxylic acids is 3. The van der Waals surface area contributed by atoms with Crippen molar-refractivity contribution in [2.45, 2.75) is 46.8 Å². The summed E-state index contributed by atoms with van der Waals surface area (Å²) in [6, 6.07) is 15.9. The van der Waals surface area contributed by atoms with Crippen molar-refractivity contribution in [3.05, 3.63) is 71.3 Å². The van der Waals surface area contributed by atoms with E-state index >= 15 is 0 Å². The molecule has 0 aliphatic carbocycles. The lowest BCUT2D eigenvalue weighted by molar-refractivity contribution is 0.0376. The second-order valence-corrected chi connectivity index (χ2v) is 10.2. The summed E-state index contributed by atoms with van der Waals surface area (Å²) in [6.07, 6.45) is -0.682. The van der Waals surface area contributed by atoms with Crippen LogP contribution in [0.3, 0.4) is 0 Å². The molecule has 0 bridgehead atoms. The molecule has 0 saturated heterocycles. The number of thiophene rings is 1. The number of rotatable bonds is 9. The molecule has 38 heavy (non-hydrogen) atoms. The molecule has 3 aromatic rings. The summed E-state index contributed by atoms with van der Waals surface area (Å²) in [4.78, 5) is 38.7. The van der Waals surface area contributed by atoms with E-state index in [2.05, 4.69) is 10.6 Å². The molecule has 200 valence electrons. The van der Waals surface area contributed by atoms with Gasteiger partial charge in [0.1, 0.15) is 5.00 Å². The van der Waals surface area contributed by atoms with Crippen LogP contribution in [-0.2, 0) is 14.2 Å². The number of anilines is 2. The van der Waals surface area contributed by atoms with Crippen LogP contribution in [-0.4, -0.2) is 41.8 Å². The van der Waals surface area contributed by atoms with Crippen LogP contribution in [0.1, 0.15) is 65.7 Å². The lowest BCUT2D eigenvalue weighted by Gasteiger charge is -2.15. The van der Waals surface area contributed by atoms with Gasteiger partial charge in [0.15, 0.2) is 5.11 Å². The van der Waals surface area contributed by atoms with Gasteiger partial charge in [-0.1, -0.05) is 30.3 Å². The average molecular weight is 555 g/mol. The quantitative estimate of drug-likeness (QED) is 0.174. The second-order valence-electron chi connectivity index (χ2n) is 8.73. The van der Waals surface area contributed by atoms with Crippen LogP contribution in [0.2, 0.25) is 0 Å². The first-order valence-corrected chi connectivity index (χ1v) is 13.3. The first-order chi connectivity index (χ1) is 18.1. The van der Waals surface area contributed by atoms with Gasteiger partial charge in [-0.3, -0.25) is 0 Å². The molecular formula is C28H30N2O6S2. The van der Waals surface area contributed by atoms with Crippen molar-refractivity contribution < 1.29 is 28.6 Å².